The van der Waals surface area contributed by atoms with Gasteiger partial charge in [-0.05, 0) is 62.1 Å². The maximum absolute atomic E-state index is 12.5. The van der Waals surface area contributed by atoms with Crippen molar-refractivity contribution < 1.29 is 9.53 Å². The van der Waals surface area contributed by atoms with Gasteiger partial charge in [0.25, 0.3) is 0 Å². The molecule has 0 aliphatic heterocycles. The summed E-state index contributed by atoms with van der Waals surface area (Å²) in [5.41, 5.74) is 3.21. The van der Waals surface area contributed by atoms with E-state index in [-0.39, 0.29) is 11.4 Å². The lowest BCUT2D eigenvalue weighted by atomic mass is 9.82. The van der Waals surface area contributed by atoms with E-state index in [1.165, 1.54) is 5.57 Å². The SMILES string of the molecule is C=CC(C)(CCC=C(C)C)CC(=O)Oc1cc(C)ccc1C(C)C. The van der Waals surface area contributed by atoms with Gasteiger partial charge in [-0.1, -0.05) is 50.6 Å². The van der Waals surface area contributed by atoms with Gasteiger partial charge in [-0.15, -0.1) is 6.58 Å². The van der Waals surface area contributed by atoms with Crippen molar-refractivity contribution in [3.8, 4) is 5.75 Å². The molecule has 0 fully saturated rings. The summed E-state index contributed by atoms with van der Waals surface area (Å²) in [5, 5.41) is 0. The highest BCUT2D eigenvalue weighted by Crippen LogP contribution is 2.32. The third-order valence-corrected chi connectivity index (χ3v) is 4.32. The standard InChI is InChI=1S/C22H32O2/c1-8-22(7,13-9-10-16(2)3)15-21(23)24-20-14-18(6)11-12-19(20)17(4)5/h8,10-12,14,17H,1,9,13,15H2,2-7H3. The van der Waals surface area contributed by atoms with Crippen LogP contribution >= 0.6 is 0 Å². The highest BCUT2D eigenvalue weighted by Gasteiger charge is 2.25. The highest BCUT2D eigenvalue weighted by molar-refractivity contribution is 5.74. The number of esters is 1. The predicted molar refractivity (Wildman–Crippen MR) is 102 cm³/mol. The van der Waals surface area contributed by atoms with Gasteiger partial charge >= 0.3 is 5.97 Å². The number of rotatable bonds is 8. The number of hydrogen-bond acceptors (Lipinski definition) is 2. The molecule has 0 N–H and O–H groups in total. The fraction of sp³-hybridized carbons (Fsp3) is 0.500. The van der Waals surface area contributed by atoms with Gasteiger partial charge in [-0.3, -0.25) is 4.79 Å². The van der Waals surface area contributed by atoms with Gasteiger partial charge in [-0.2, -0.15) is 0 Å². The van der Waals surface area contributed by atoms with E-state index in [0.29, 0.717) is 18.1 Å². The fourth-order valence-electron chi connectivity index (χ4n) is 2.65. The zero-order valence-electron chi connectivity index (χ0n) is 16.1. The first-order valence-electron chi connectivity index (χ1n) is 8.75. The van der Waals surface area contributed by atoms with Gasteiger partial charge in [0.1, 0.15) is 5.75 Å². The maximum atomic E-state index is 12.5. The van der Waals surface area contributed by atoms with Crippen LogP contribution in [0.3, 0.4) is 0 Å². The Morgan fingerprint density at radius 1 is 1.33 bits per heavy atom. The minimum Gasteiger partial charge on any atom is -0.426 e. The molecule has 0 aromatic heterocycles. The molecule has 0 bridgehead atoms. The molecule has 1 aromatic carbocycles. The molecule has 0 spiro atoms. The number of benzene rings is 1. The molecule has 0 amide bonds. The molecular weight excluding hydrogens is 296 g/mol. The second-order valence-corrected chi connectivity index (χ2v) is 7.53. The van der Waals surface area contributed by atoms with Crippen LogP contribution in [-0.4, -0.2) is 5.97 Å². The second kappa shape index (κ2) is 8.86. The molecule has 0 saturated carbocycles. The average molecular weight is 328 g/mol. The van der Waals surface area contributed by atoms with Crippen molar-refractivity contribution in [1.82, 2.24) is 0 Å². The van der Waals surface area contributed by atoms with Crippen molar-refractivity contribution in [2.45, 2.75) is 66.7 Å². The molecule has 2 nitrogen and oxygen atoms in total. The first-order valence-corrected chi connectivity index (χ1v) is 8.75. The predicted octanol–water partition coefficient (Wildman–Crippen LogP) is 6.35. The molecule has 0 saturated heterocycles. The molecule has 0 radical (unpaired) electrons. The van der Waals surface area contributed by atoms with Gasteiger partial charge in [0.05, 0.1) is 6.42 Å². The topological polar surface area (TPSA) is 26.3 Å². The Hall–Kier alpha value is -1.83. The van der Waals surface area contributed by atoms with E-state index < -0.39 is 0 Å². The Morgan fingerprint density at radius 3 is 2.54 bits per heavy atom. The number of carbonyl (C=O) groups is 1. The van der Waals surface area contributed by atoms with E-state index in [4.69, 9.17) is 4.74 Å². The molecule has 2 heteroatoms. The van der Waals surface area contributed by atoms with Crippen LogP contribution in [0.5, 0.6) is 5.75 Å². The number of allylic oxidation sites excluding steroid dienone is 3. The molecule has 132 valence electrons. The van der Waals surface area contributed by atoms with Crippen LogP contribution in [0.1, 0.15) is 70.9 Å². The summed E-state index contributed by atoms with van der Waals surface area (Å²) in [4.78, 5) is 12.5. The van der Waals surface area contributed by atoms with E-state index in [1.54, 1.807) is 0 Å². The fourth-order valence-corrected chi connectivity index (χ4v) is 2.65. The average Bonchev–Trinajstić information content (AvgIpc) is 2.46. The van der Waals surface area contributed by atoms with Gasteiger partial charge in [-0.25, -0.2) is 0 Å². The van der Waals surface area contributed by atoms with Gasteiger partial charge in [0, 0.05) is 0 Å². The molecule has 0 heterocycles. The van der Waals surface area contributed by atoms with Crippen LogP contribution in [0, 0.1) is 12.3 Å². The van der Waals surface area contributed by atoms with Gasteiger partial charge in [0.15, 0.2) is 0 Å². The Bertz CT molecular complexity index is 606. The van der Waals surface area contributed by atoms with Crippen molar-refractivity contribution in [3.05, 3.63) is 53.6 Å². The third-order valence-electron chi connectivity index (χ3n) is 4.32. The Kier molecular flexibility index (Phi) is 7.47. The second-order valence-electron chi connectivity index (χ2n) is 7.53. The number of hydrogen-bond donors (Lipinski definition) is 0. The van der Waals surface area contributed by atoms with E-state index in [1.807, 2.05) is 25.1 Å². The van der Waals surface area contributed by atoms with Crippen LogP contribution in [-0.2, 0) is 4.79 Å². The normalized spacial score (nSPS) is 13.3. The minimum absolute atomic E-state index is 0.192. The lowest BCUT2D eigenvalue weighted by Crippen LogP contribution is -2.22. The smallest absolute Gasteiger partial charge is 0.312 e. The highest BCUT2D eigenvalue weighted by atomic mass is 16.5. The molecule has 0 aliphatic rings. The van der Waals surface area contributed by atoms with Crippen LogP contribution < -0.4 is 4.74 Å². The van der Waals surface area contributed by atoms with Crippen molar-refractivity contribution in [2.24, 2.45) is 5.41 Å². The summed E-state index contributed by atoms with van der Waals surface area (Å²) >= 11 is 0. The Labute approximate surface area is 147 Å². The van der Waals surface area contributed by atoms with Crippen molar-refractivity contribution in [2.75, 3.05) is 0 Å². The first-order chi connectivity index (χ1) is 11.2. The lowest BCUT2D eigenvalue weighted by molar-refractivity contribution is -0.136. The Balaban J connectivity index is 2.82. The van der Waals surface area contributed by atoms with Crippen LogP contribution in [0.15, 0.2) is 42.5 Å². The summed E-state index contributed by atoms with van der Waals surface area (Å²) in [6.45, 7) is 16.4. The van der Waals surface area contributed by atoms with Crippen molar-refractivity contribution >= 4 is 5.97 Å². The maximum Gasteiger partial charge on any atom is 0.312 e. The molecule has 1 unspecified atom stereocenters. The molecule has 0 aliphatic carbocycles. The summed E-state index contributed by atoms with van der Waals surface area (Å²) < 4.78 is 5.71. The number of ether oxygens (including phenoxy) is 1. The van der Waals surface area contributed by atoms with Crippen LogP contribution in [0.2, 0.25) is 0 Å². The summed E-state index contributed by atoms with van der Waals surface area (Å²) in [7, 11) is 0. The van der Waals surface area contributed by atoms with E-state index in [9.17, 15) is 4.79 Å². The molecular formula is C22H32O2. The van der Waals surface area contributed by atoms with Gasteiger partial charge < -0.3 is 4.74 Å². The monoisotopic (exact) mass is 328 g/mol. The van der Waals surface area contributed by atoms with Crippen LogP contribution in [0.4, 0.5) is 0 Å². The van der Waals surface area contributed by atoms with Gasteiger partial charge in [0.2, 0.25) is 0 Å². The first kappa shape index (κ1) is 20.2. The van der Waals surface area contributed by atoms with E-state index in [2.05, 4.69) is 53.3 Å². The van der Waals surface area contributed by atoms with E-state index >= 15 is 0 Å². The number of aryl methyl sites for hydroxylation is 1. The zero-order valence-corrected chi connectivity index (χ0v) is 16.1. The van der Waals surface area contributed by atoms with Crippen LogP contribution in [0.25, 0.3) is 0 Å². The zero-order chi connectivity index (χ0) is 18.3. The Morgan fingerprint density at radius 2 is 2.00 bits per heavy atom. The molecule has 1 rings (SSSR count). The lowest BCUT2D eigenvalue weighted by Gasteiger charge is -2.24. The molecule has 1 aromatic rings. The van der Waals surface area contributed by atoms with Crippen molar-refractivity contribution in [3.63, 3.8) is 0 Å². The van der Waals surface area contributed by atoms with E-state index in [0.717, 1.165) is 24.0 Å². The molecule has 24 heavy (non-hydrogen) atoms. The minimum atomic E-state index is -0.245. The quantitative estimate of drug-likeness (QED) is 0.315. The summed E-state index contributed by atoms with van der Waals surface area (Å²) in [6.07, 6.45) is 6.26. The van der Waals surface area contributed by atoms with Crippen molar-refractivity contribution in [1.29, 1.82) is 0 Å². The summed E-state index contributed by atoms with van der Waals surface area (Å²) in [5.74, 6) is 0.810. The largest absolute Gasteiger partial charge is 0.426 e. The third kappa shape index (κ3) is 6.35. The number of carbonyl (C=O) groups excluding carboxylic acids is 1. The molecule has 1 atom stereocenters. The summed E-state index contributed by atoms with van der Waals surface area (Å²) in [6, 6.07) is 6.05.